The fourth-order valence-corrected chi connectivity index (χ4v) is 4.03. The van der Waals surface area contributed by atoms with Gasteiger partial charge in [-0.05, 0) is 27.7 Å². The van der Waals surface area contributed by atoms with E-state index in [9.17, 15) is 14.7 Å². The van der Waals surface area contributed by atoms with Crippen molar-refractivity contribution in [2.75, 3.05) is 26.9 Å². The quantitative estimate of drug-likeness (QED) is 0.604. The molecule has 1 amide bonds. The van der Waals surface area contributed by atoms with Gasteiger partial charge in [0.2, 0.25) is 0 Å². The number of aliphatic hydroxyl groups excluding tert-OH is 1. The van der Waals surface area contributed by atoms with Crippen LogP contribution in [-0.2, 0) is 33.2 Å². The van der Waals surface area contributed by atoms with E-state index in [4.69, 9.17) is 28.4 Å². The van der Waals surface area contributed by atoms with Gasteiger partial charge in [0, 0.05) is 19.2 Å². The zero-order valence-electron chi connectivity index (χ0n) is 19.6. The first-order valence-electron chi connectivity index (χ1n) is 10.9. The molecule has 184 valence electrons. The third-order valence-corrected chi connectivity index (χ3v) is 5.51. The minimum Gasteiger partial charge on any atom is -0.465 e. The van der Waals surface area contributed by atoms with Crippen LogP contribution in [0.1, 0.15) is 39.5 Å². The van der Waals surface area contributed by atoms with Gasteiger partial charge in [-0.1, -0.05) is 30.3 Å². The zero-order chi connectivity index (χ0) is 24.2. The van der Waals surface area contributed by atoms with Crippen LogP contribution >= 0.6 is 0 Å². The number of hydrogen-bond donors (Lipinski definition) is 2. The minimum absolute atomic E-state index is 0.0637. The molecule has 1 aromatic carbocycles. The Morgan fingerprint density at radius 3 is 2.52 bits per heavy atom. The van der Waals surface area contributed by atoms with Crippen LogP contribution in [0.2, 0.25) is 0 Å². The number of esters is 1. The Labute approximate surface area is 193 Å². The van der Waals surface area contributed by atoms with Gasteiger partial charge in [0.25, 0.3) is 0 Å². The number of carbonyl (C=O) groups excluding carboxylic acids is 2. The number of amides is 1. The van der Waals surface area contributed by atoms with Gasteiger partial charge in [-0.15, -0.1) is 0 Å². The highest BCUT2D eigenvalue weighted by atomic mass is 16.7. The van der Waals surface area contributed by atoms with Gasteiger partial charge in [-0.25, -0.2) is 4.79 Å². The Bertz CT molecular complexity index is 812. The number of rotatable bonds is 6. The number of fused-ring (bicyclic) bond motifs is 1. The van der Waals surface area contributed by atoms with Crippen molar-refractivity contribution in [1.29, 1.82) is 0 Å². The Kier molecular flexibility index (Phi) is 7.96. The minimum atomic E-state index is -1.74. The fourth-order valence-electron chi connectivity index (χ4n) is 4.03. The molecule has 0 radical (unpaired) electrons. The molecule has 0 spiro atoms. The van der Waals surface area contributed by atoms with E-state index in [2.05, 4.69) is 5.32 Å². The number of aliphatic hydroxyl groups is 1. The molecule has 2 aliphatic rings. The number of nitrogens with one attached hydrogen (secondary N) is 1. The highest BCUT2D eigenvalue weighted by Crippen LogP contribution is 2.45. The van der Waals surface area contributed by atoms with Crippen LogP contribution in [-0.4, -0.2) is 74.2 Å². The number of benzene rings is 1. The first-order valence-corrected chi connectivity index (χ1v) is 10.9. The molecule has 1 aromatic rings. The van der Waals surface area contributed by atoms with Crippen molar-refractivity contribution in [3.8, 4) is 0 Å². The third-order valence-electron chi connectivity index (χ3n) is 5.51. The third kappa shape index (κ3) is 5.47. The molecular weight excluding hydrogens is 434 g/mol. The molecule has 2 N–H and O–H groups in total. The van der Waals surface area contributed by atoms with Crippen molar-refractivity contribution >= 4 is 12.1 Å². The van der Waals surface area contributed by atoms with E-state index in [1.165, 1.54) is 7.11 Å². The van der Waals surface area contributed by atoms with E-state index in [1.807, 2.05) is 30.3 Å². The van der Waals surface area contributed by atoms with Crippen LogP contribution in [0.3, 0.4) is 0 Å². The Morgan fingerprint density at radius 1 is 1.21 bits per heavy atom. The summed E-state index contributed by atoms with van der Waals surface area (Å²) in [6, 6.07) is 9.19. The van der Waals surface area contributed by atoms with Gasteiger partial charge < -0.3 is 38.8 Å². The fraction of sp³-hybridized carbons (Fsp3) is 0.652. The Balaban J connectivity index is 1.97. The van der Waals surface area contributed by atoms with E-state index in [-0.39, 0.29) is 19.8 Å². The van der Waals surface area contributed by atoms with Crippen molar-refractivity contribution in [2.24, 2.45) is 5.41 Å². The molecule has 0 aromatic heterocycles. The monoisotopic (exact) mass is 467 g/mol. The van der Waals surface area contributed by atoms with E-state index < -0.39 is 54.0 Å². The van der Waals surface area contributed by atoms with Gasteiger partial charge in [0.1, 0.15) is 29.3 Å². The zero-order valence-corrected chi connectivity index (χ0v) is 19.6. The lowest BCUT2D eigenvalue weighted by atomic mass is 9.71. The molecule has 2 saturated heterocycles. The van der Waals surface area contributed by atoms with Gasteiger partial charge in [-0.3, -0.25) is 4.79 Å². The number of carbonyl (C=O) groups is 2. The maximum absolute atomic E-state index is 13.4. The number of alkyl carbamates (subject to hydrolysis) is 1. The number of hydrogen-bond acceptors (Lipinski definition) is 9. The molecule has 33 heavy (non-hydrogen) atoms. The molecule has 0 saturated carbocycles. The molecule has 0 aliphatic carbocycles. The summed E-state index contributed by atoms with van der Waals surface area (Å²) in [5.74, 6) is -0.748. The highest BCUT2D eigenvalue weighted by molar-refractivity contribution is 5.80. The van der Waals surface area contributed by atoms with Crippen LogP contribution in [0.4, 0.5) is 4.79 Å². The second kappa shape index (κ2) is 10.4. The lowest BCUT2D eigenvalue weighted by Gasteiger charge is -2.53. The average Bonchev–Trinajstić information content (AvgIpc) is 2.77. The highest BCUT2D eigenvalue weighted by Gasteiger charge is 2.64. The van der Waals surface area contributed by atoms with Gasteiger partial charge in [0.05, 0.1) is 13.2 Å². The van der Waals surface area contributed by atoms with Crippen LogP contribution < -0.4 is 5.32 Å². The largest absolute Gasteiger partial charge is 0.465 e. The predicted molar refractivity (Wildman–Crippen MR) is 115 cm³/mol. The normalized spacial score (nSPS) is 31.9. The molecule has 0 bridgehead atoms. The van der Waals surface area contributed by atoms with Crippen LogP contribution in [0.15, 0.2) is 30.3 Å². The van der Waals surface area contributed by atoms with Crippen molar-refractivity contribution < 1.29 is 43.1 Å². The van der Waals surface area contributed by atoms with Crippen LogP contribution in [0.25, 0.3) is 0 Å². The van der Waals surface area contributed by atoms with E-state index in [0.717, 1.165) is 5.56 Å². The van der Waals surface area contributed by atoms with Crippen molar-refractivity contribution in [3.63, 3.8) is 0 Å². The molecular formula is C23H33NO9. The molecule has 2 fully saturated rings. The standard InChI is InChI=1S/C23H33NO9/c1-6-29-20(26)23(13-24-21(27)33-22(2,3)4)16(25)19(28-5)31-15-12-30-18(32-17(15)23)14-10-8-7-9-11-14/h7-11,15-19,25H,6,12-13H2,1-5H3,(H,24,27)/t15-,16+,17+,18+,19-,23-/m1/s1. The first-order chi connectivity index (χ1) is 15.6. The predicted octanol–water partition coefficient (Wildman–Crippen LogP) is 1.91. The molecule has 2 aliphatic heterocycles. The number of methoxy groups -OCH3 is 1. The SMILES string of the molecule is CCOC(=O)[C@]1(CNC(=O)OC(C)(C)C)[C@@H](O)[C@H](OC)O[C@@H]2CO[C@H](c3ccccc3)O[C@@H]21. The second-order valence-electron chi connectivity index (χ2n) is 8.97. The van der Waals surface area contributed by atoms with E-state index in [1.54, 1.807) is 27.7 Å². The molecule has 6 atom stereocenters. The summed E-state index contributed by atoms with van der Waals surface area (Å²) < 4.78 is 33.8. The first kappa shape index (κ1) is 25.4. The van der Waals surface area contributed by atoms with Crippen LogP contribution in [0, 0.1) is 5.41 Å². The van der Waals surface area contributed by atoms with E-state index >= 15 is 0 Å². The maximum atomic E-state index is 13.4. The molecule has 10 nitrogen and oxygen atoms in total. The summed E-state index contributed by atoms with van der Waals surface area (Å²) in [5.41, 5.74) is -1.76. The van der Waals surface area contributed by atoms with Crippen LogP contribution in [0.5, 0.6) is 0 Å². The topological polar surface area (TPSA) is 122 Å². The van der Waals surface area contributed by atoms with E-state index in [0.29, 0.717) is 0 Å². The Hall–Kier alpha value is -2.24. The second-order valence-corrected chi connectivity index (χ2v) is 8.97. The van der Waals surface area contributed by atoms with Crippen molar-refractivity contribution in [2.45, 2.75) is 64.2 Å². The summed E-state index contributed by atoms with van der Waals surface area (Å²) in [6.45, 7) is 6.63. The lowest BCUT2D eigenvalue weighted by Crippen LogP contribution is -2.71. The summed E-state index contributed by atoms with van der Waals surface area (Å²) in [7, 11) is 1.35. The molecule has 3 rings (SSSR count). The van der Waals surface area contributed by atoms with Gasteiger partial charge in [0.15, 0.2) is 12.6 Å². The van der Waals surface area contributed by atoms with Gasteiger partial charge >= 0.3 is 12.1 Å². The molecule has 10 heteroatoms. The Morgan fingerprint density at radius 2 is 1.91 bits per heavy atom. The lowest BCUT2D eigenvalue weighted by molar-refractivity contribution is -0.367. The number of ether oxygens (including phenoxy) is 6. The molecule has 2 heterocycles. The maximum Gasteiger partial charge on any atom is 0.407 e. The summed E-state index contributed by atoms with van der Waals surface area (Å²) in [5, 5.41) is 13.9. The summed E-state index contributed by atoms with van der Waals surface area (Å²) >= 11 is 0. The summed E-state index contributed by atoms with van der Waals surface area (Å²) in [6.07, 6.45) is -6.00. The van der Waals surface area contributed by atoms with Crippen molar-refractivity contribution in [3.05, 3.63) is 35.9 Å². The smallest absolute Gasteiger partial charge is 0.407 e. The van der Waals surface area contributed by atoms with Crippen molar-refractivity contribution in [1.82, 2.24) is 5.32 Å². The van der Waals surface area contributed by atoms with Gasteiger partial charge in [-0.2, -0.15) is 0 Å². The summed E-state index contributed by atoms with van der Waals surface area (Å²) in [4.78, 5) is 25.8. The average molecular weight is 468 g/mol. The molecule has 0 unspecified atom stereocenters.